The van der Waals surface area contributed by atoms with Gasteiger partial charge >= 0.3 is 0 Å². The Bertz CT molecular complexity index is 217. The van der Waals surface area contributed by atoms with E-state index in [2.05, 4.69) is 32.2 Å². The van der Waals surface area contributed by atoms with E-state index >= 15 is 0 Å². The van der Waals surface area contributed by atoms with E-state index in [1.165, 1.54) is 12.8 Å². The van der Waals surface area contributed by atoms with Crippen LogP contribution in [0.25, 0.3) is 0 Å². The van der Waals surface area contributed by atoms with Crippen LogP contribution in [-0.4, -0.2) is 12.5 Å². The van der Waals surface area contributed by atoms with Gasteiger partial charge in [-0.2, -0.15) is 0 Å². The van der Waals surface area contributed by atoms with E-state index in [0.717, 1.165) is 13.0 Å². The van der Waals surface area contributed by atoms with Crippen molar-refractivity contribution >= 4 is 5.91 Å². The van der Waals surface area contributed by atoms with Crippen LogP contribution in [-0.2, 0) is 4.79 Å². The van der Waals surface area contributed by atoms with Crippen molar-refractivity contribution in [1.82, 2.24) is 5.32 Å². The predicted molar refractivity (Wildman–Crippen MR) is 65.7 cm³/mol. The molecule has 0 saturated carbocycles. The Hall–Kier alpha value is -1.05. The first-order chi connectivity index (χ1) is 7.16. The number of hydrogen-bond donors (Lipinski definition) is 1. The molecule has 2 heteroatoms. The molecule has 0 radical (unpaired) electrons. The second-order valence-corrected chi connectivity index (χ2v) is 4.07. The molecule has 0 bridgehead atoms. The number of amides is 1. The lowest BCUT2D eigenvalue weighted by atomic mass is 10.2. The van der Waals surface area contributed by atoms with E-state index in [-0.39, 0.29) is 5.91 Å². The van der Waals surface area contributed by atoms with Gasteiger partial charge in [0.1, 0.15) is 0 Å². The highest BCUT2D eigenvalue weighted by Gasteiger charge is 1.95. The summed E-state index contributed by atoms with van der Waals surface area (Å²) in [6.07, 6.45) is 10.9. The molecule has 1 N–H and O–H groups in total. The van der Waals surface area contributed by atoms with Gasteiger partial charge in [0.15, 0.2) is 0 Å². The van der Waals surface area contributed by atoms with Crippen LogP contribution < -0.4 is 5.32 Å². The summed E-state index contributed by atoms with van der Waals surface area (Å²) in [7, 11) is 0. The molecule has 0 aliphatic heterocycles. The van der Waals surface area contributed by atoms with Crippen LogP contribution in [0, 0.1) is 5.92 Å². The average molecular weight is 209 g/mol. The van der Waals surface area contributed by atoms with Crippen molar-refractivity contribution in [3.63, 3.8) is 0 Å². The van der Waals surface area contributed by atoms with Gasteiger partial charge in [-0.3, -0.25) is 4.79 Å². The van der Waals surface area contributed by atoms with E-state index in [4.69, 9.17) is 0 Å². The van der Waals surface area contributed by atoms with Gasteiger partial charge in [-0.15, -0.1) is 0 Å². The third kappa shape index (κ3) is 10.9. The molecule has 2 nitrogen and oxygen atoms in total. The van der Waals surface area contributed by atoms with Crippen molar-refractivity contribution in [1.29, 1.82) is 0 Å². The number of nitrogens with one attached hydrogen (secondary N) is 1. The zero-order valence-electron chi connectivity index (χ0n) is 10.1. The number of allylic oxidation sites excluding steroid dienone is 3. The maximum Gasteiger partial charge on any atom is 0.243 e. The van der Waals surface area contributed by atoms with Crippen LogP contribution in [0.15, 0.2) is 24.3 Å². The zero-order valence-corrected chi connectivity index (χ0v) is 10.1. The lowest BCUT2D eigenvalue weighted by Gasteiger charge is -2.03. The third-order valence-corrected chi connectivity index (χ3v) is 1.90. The molecule has 0 spiro atoms. The highest BCUT2D eigenvalue weighted by atomic mass is 16.1. The molecule has 0 aliphatic rings. The SMILES string of the molecule is CCCC/C=C/C=C/C(=O)NCC(C)C. The molecule has 1 amide bonds. The normalized spacial score (nSPS) is 11.7. The summed E-state index contributed by atoms with van der Waals surface area (Å²) < 4.78 is 0. The minimum atomic E-state index is -0.0103. The van der Waals surface area contributed by atoms with E-state index in [9.17, 15) is 4.79 Å². The van der Waals surface area contributed by atoms with Gasteiger partial charge < -0.3 is 5.32 Å². The molecule has 0 aromatic carbocycles. The summed E-state index contributed by atoms with van der Waals surface area (Å²) >= 11 is 0. The zero-order chi connectivity index (χ0) is 11.5. The van der Waals surface area contributed by atoms with Gasteiger partial charge in [-0.1, -0.05) is 51.8 Å². The lowest BCUT2D eigenvalue weighted by molar-refractivity contribution is -0.116. The third-order valence-electron chi connectivity index (χ3n) is 1.90. The Morgan fingerprint density at radius 2 is 2.07 bits per heavy atom. The Morgan fingerprint density at radius 3 is 2.67 bits per heavy atom. The minimum absolute atomic E-state index is 0.0103. The van der Waals surface area contributed by atoms with Crippen LogP contribution in [0.5, 0.6) is 0 Å². The molecule has 0 rings (SSSR count). The monoisotopic (exact) mass is 209 g/mol. The Balaban J connectivity index is 3.58. The molecule has 0 aromatic heterocycles. The van der Waals surface area contributed by atoms with Gasteiger partial charge in [-0.25, -0.2) is 0 Å². The fraction of sp³-hybridized carbons (Fsp3) is 0.615. The van der Waals surface area contributed by atoms with E-state index in [1.54, 1.807) is 12.2 Å². The number of hydrogen-bond acceptors (Lipinski definition) is 1. The molecule has 0 atom stereocenters. The van der Waals surface area contributed by atoms with Crippen molar-refractivity contribution in [3.8, 4) is 0 Å². The van der Waals surface area contributed by atoms with Crippen LogP contribution in [0.1, 0.15) is 40.0 Å². The highest BCUT2D eigenvalue weighted by Crippen LogP contribution is 1.94. The fourth-order valence-electron chi connectivity index (χ4n) is 1.00. The van der Waals surface area contributed by atoms with Crippen molar-refractivity contribution in [2.45, 2.75) is 40.0 Å². The summed E-state index contributed by atoms with van der Waals surface area (Å²) in [4.78, 5) is 11.2. The summed E-state index contributed by atoms with van der Waals surface area (Å²) in [5, 5.41) is 2.82. The molecule has 0 heterocycles. The van der Waals surface area contributed by atoms with Crippen LogP contribution in [0.4, 0.5) is 0 Å². The van der Waals surface area contributed by atoms with Gasteiger partial charge in [0.2, 0.25) is 5.91 Å². The first-order valence-corrected chi connectivity index (χ1v) is 5.77. The smallest absolute Gasteiger partial charge is 0.243 e. The van der Waals surface area contributed by atoms with Crippen LogP contribution in [0.2, 0.25) is 0 Å². The fourth-order valence-corrected chi connectivity index (χ4v) is 1.00. The summed E-state index contributed by atoms with van der Waals surface area (Å²) in [6, 6.07) is 0. The van der Waals surface area contributed by atoms with Crippen molar-refractivity contribution in [3.05, 3.63) is 24.3 Å². The quantitative estimate of drug-likeness (QED) is 0.390. The van der Waals surface area contributed by atoms with Gasteiger partial charge in [0, 0.05) is 12.6 Å². The Morgan fingerprint density at radius 1 is 1.33 bits per heavy atom. The first kappa shape index (κ1) is 13.9. The maximum atomic E-state index is 11.2. The number of unbranched alkanes of at least 4 members (excludes halogenated alkanes) is 2. The highest BCUT2D eigenvalue weighted by molar-refractivity contribution is 5.87. The average Bonchev–Trinajstić information content (AvgIpc) is 2.20. The summed E-state index contributed by atoms with van der Waals surface area (Å²) in [6.45, 7) is 7.06. The summed E-state index contributed by atoms with van der Waals surface area (Å²) in [5.74, 6) is 0.492. The Kier molecular flexibility index (Phi) is 8.84. The van der Waals surface area contributed by atoms with Crippen molar-refractivity contribution < 1.29 is 4.79 Å². The largest absolute Gasteiger partial charge is 0.352 e. The topological polar surface area (TPSA) is 29.1 Å². The van der Waals surface area contributed by atoms with E-state index in [0.29, 0.717) is 5.92 Å². The molecule has 0 aromatic rings. The van der Waals surface area contributed by atoms with Crippen LogP contribution in [0.3, 0.4) is 0 Å². The minimum Gasteiger partial charge on any atom is -0.352 e. The number of rotatable bonds is 7. The van der Waals surface area contributed by atoms with Gasteiger partial charge in [-0.05, 0) is 12.3 Å². The lowest BCUT2D eigenvalue weighted by Crippen LogP contribution is -2.25. The van der Waals surface area contributed by atoms with Gasteiger partial charge in [0.05, 0.1) is 0 Å². The molecule has 0 unspecified atom stereocenters. The molecule has 15 heavy (non-hydrogen) atoms. The van der Waals surface area contributed by atoms with Crippen molar-refractivity contribution in [2.24, 2.45) is 5.92 Å². The van der Waals surface area contributed by atoms with E-state index in [1.807, 2.05) is 6.08 Å². The Labute approximate surface area is 93.5 Å². The maximum absolute atomic E-state index is 11.2. The number of carbonyl (C=O) groups is 1. The molecule has 86 valence electrons. The summed E-state index contributed by atoms with van der Waals surface area (Å²) in [5.41, 5.74) is 0. The standard InChI is InChI=1S/C13H23NO/c1-4-5-6-7-8-9-10-13(15)14-11-12(2)3/h7-10,12H,4-6,11H2,1-3H3,(H,14,15)/b8-7+,10-9+. The molecule has 0 saturated heterocycles. The predicted octanol–water partition coefficient (Wildman–Crippen LogP) is 3.06. The number of carbonyl (C=O) groups excluding carboxylic acids is 1. The molecular weight excluding hydrogens is 186 g/mol. The molecular formula is C13H23NO. The second-order valence-electron chi connectivity index (χ2n) is 4.07. The molecule has 0 aliphatic carbocycles. The van der Waals surface area contributed by atoms with E-state index < -0.39 is 0 Å². The van der Waals surface area contributed by atoms with Crippen LogP contribution >= 0.6 is 0 Å². The van der Waals surface area contributed by atoms with Gasteiger partial charge in [0.25, 0.3) is 0 Å². The first-order valence-electron chi connectivity index (χ1n) is 5.77. The van der Waals surface area contributed by atoms with Crippen molar-refractivity contribution in [2.75, 3.05) is 6.54 Å². The molecule has 0 fully saturated rings. The second kappa shape index (κ2) is 9.50.